The number of halogens is 1. The molecule has 1 aliphatic rings. The van der Waals surface area contributed by atoms with Crippen molar-refractivity contribution < 1.29 is 22.3 Å². The molecule has 0 saturated heterocycles. The van der Waals surface area contributed by atoms with E-state index in [1.165, 1.54) is 43.5 Å². The van der Waals surface area contributed by atoms with Gasteiger partial charge in [0.15, 0.2) is 9.84 Å². The third kappa shape index (κ3) is 4.35. The van der Waals surface area contributed by atoms with E-state index in [4.69, 9.17) is 4.74 Å². The van der Waals surface area contributed by atoms with Gasteiger partial charge in [0, 0.05) is 5.69 Å². The number of amides is 1. The number of methoxy groups -OCH3 is 1. The summed E-state index contributed by atoms with van der Waals surface area (Å²) in [5.74, 6) is 0.207. The van der Waals surface area contributed by atoms with Crippen molar-refractivity contribution in [2.75, 3.05) is 18.2 Å². The molecule has 1 saturated carbocycles. The molecule has 28 heavy (non-hydrogen) atoms. The van der Waals surface area contributed by atoms with Crippen molar-refractivity contribution >= 4 is 21.4 Å². The number of carbonyl (C=O) groups excluding carboxylic acids is 1. The number of rotatable bonds is 6. The summed E-state index contributed by atoms with van der Waals surface area (Å²) >= 11 is 0. The number of nitrogens with one attached hydrogen (secondary N) is 1. The van der Waals surface area contributed by atoms with E-state index in [0.717, 1.165) is 12.8 Å². The van der Waals surface area contributed by atoms with E-state index < -0.39 is 15.7 Å². The van der Waals surface area contributed by atoms with Crippen LogP contribution in [0.5, 0.6) is 5.75 Å². The predicted molar refractivity (Wildman–Crippen MR) is 106 cm³/mol. The van der Waals surface area contributed by atoms with E-state index in [9.17, 15) is 17.6 Å². The maximum Gasteiger partial charge on any atom is 0.259 e. The minimum Gasteiger partial charge on any atom is -0.496 e. The zero-order valence-electron chi connectivity index (χ0n) is 16.2. The molecule has 7 heteroatoms. The molecular formula is C21H24FNO4S. The van der Waals surface area contributed by atoms with Gasteiger partial charge in [-0.05, 0) is 73.6 Å². The van der Waals surface area contributed by atoms with E-state index in [-0.39, 0.29) is 33.7 Å². The summed E-state index contributed by atoms with van der Waals surface area (Å²) in [6.07, 6.45) is 1.82. The van der Waals surface area contributed by atoms with Crippen LogP contribution in [0.3, 0.4) is 0 Å². The Kier molecular flexibility index (Phi) is 5.74. The largest absolute Gasteiger partial charge is 0.496 e. The molecule has 0 heterocycles. The summed E-state index contributed by atoms with van der Waals surface area (Å²) in [7, 11) is -2.08. The highest BCUT2D eigenvalue weighted by Crippen LogP contribution is 2.35. The monoisotopic (exact) mass is 405 g/mol. The van der Waals surface area contributed by atoms with Crippen LogP contribution in [0.2, 0.25) is 0 Å². The van der Waals surface area contributed by atoms with Gasteiger partial charge in [-0.2, -0.15) is 0 Å². The SMILES string of the molecule is COc1ccc(S(=O)(=O)CC2CC(C)C2)cc1C(=O)Nc1ccc(F)c(C)c1. The fourth-order valence-corrected chi connectivity index (χ4v) is 5.25. The fraction of sp³-hybridized carbons (Fsp3) is 0.381. The number of benzene rings is 2. The Labute approximate surface area is 164 Å². The first-order valence-electron chi connectivity index (χ1n) is 9.18. The quantitative estimate of drug-likeness (QED) is 0.781. The first-order chi connectivity index (χ1) is 13.2. The zero-order valence-corrected chi connectivity index (χ0v) is 17.0. The standard InChI is InChI=1S/C21H24FNO4S/c1-13-8-15(9-13)12-28(25,26)17-5-7-20(27-3)18(11-17)21(24)23-16-4-6-19(22)14(2)10-16/h4-7,10-11,13,15H,8-9,12H2,1-3H3,(H,23,24). The molecule has 2 aromatic rings. The van der Waals surface area contributed by atoms with Crippen molar-refractivity contribution in [3.63, 3.8) is 0 Å². The molecule has 1 N–H and O–H groups in total. The van der Waals surface area contributed by atoms with Gasteiger partial charge in [-0.3, -0.25) is 4.79 Å². The van der Waals surface area contributed by atoms with Gasteiger partial charge in [0.2, 0.25) is 0 Å². The van der Waals surface area contributed by atoms with Crippen LogP contribution in [0, 0.1) is 24.6 Å². The molecule has 5 nitrogen and oxygen atoms in total. The van der Waals surface area contributed by atoms with Crippen LogP contribution in [-0.2, 0) is 9.84 Å². The molecule has 0 radical (unpaired) electrons. The third-order valence-electron chi connectivity index (χ3n) is 5.12. The topological polar surface area (TPSA) is 72.5 Å². The fourth-order valence-electron chi connectivity index (χ4n) is 3.59. The van der Waals surface area contributed by atoms with E-state index in [2.05, 4.69) is 12.2 Å². The van der Waals surface area contributed by atoms with Crippen molar-refractivity contribution in [3.8, 4) is 5.75 Å². The van der Waals surface area contributed by atoms with Gasteiger partial charge in [-0.25, -0.2) is 12.8 Å². The van der Waals surface area contributed by atoms with E-state index in [0.29, 0.717) is 17.2 Å². The van der Waals surface area contributed by atoms with Crippen LogP contribution in [0.15, 0.2) is 41.3 Å². The minimum absolute atomic E-state index is 0.0852. The lowest BCUT2D eigenvalue weighted by Crippen LogP contribution is -2.28. The molecule has 2 aromatic carbocycles. The normalized spacial score (nSPS) is 19.0. The second-order valence-electron chi connectivity index (χ2n) is 7.50. The number of sulfone groups is 1. The van der Waals surface area contributed by atoms with Gasteiger partial charge in [-0.1, -0.05) is 6.92 Å². The number of hydrogen-bond donors (Lipinski definition) is 1. The van der Waals surface area contributed by atoms with E-state index in [1.807, 2.05) is 0 Å². The summed E-state index contributed by atoms with van der Waals surface area (Å²) in [4.78, 5) is 12.8. The number of carbonyl (C=O) groups is 1. The summed E-state index contributed by atoms with van der Waals surface area (Å²) in [6, 6.07) is 8.53. The van der Waals surface area contributed by atoms with Gasteiger partial charge in [0.25, 0.3) is 5.91 Å². The van der Waals surface area contributed by atoms with Gasteiger partial charge in [0.1, 0.15) is 11.6 Å². The van der Waals surface area contributed by atoms with Crippen molar-refractivity contribution in [1.82, 2.24) is 0 Å². The van der Waals surface area contributed by atoms with Crippen LogP contribution in [0.4, 0.5) is 10.1 Å². The van der Waals surface area contributed by atoms with Crippen LogP contribution >= 0.6 is 0 Å². The lowest BCUT2D eigenvalue weighted by Gasteiger charge is -2.32. The minimum atomic E-state index is -3.50. The molecule has 0 atom stereocenters. The second-order valence-corrected chi connectivity index (χ2v) is 9.54. The van der Waals surface area contributed by atoms with Gasteiger partial charge >= 0.3 is 0 Å². The van der Waals surface area contributed by atoms with Crippen LogP contribution in [0.25, 0.3) is 0 Å². The Balaban J connectivity index is 1.85. The van der Waals surface area contributed by atoms with Gasteiger partial charge in [0.05, 0.1) is 23.3 Å². The average Bonchev–Trinajstić information content (AvgIpc) is 2.62. The lowest BCUT2D eigenvalue weighted by molar-refractivity contribution is 0.102. The van der Waals surface area contributed by atoms with Gasteiger partial charge in [-0.15, -0.1) is 0 Å². The molecule has 1 aliphatic carbocycles. The molecule has 0 bridgehead atoms. The highest BCUT2D eigenvalue weighted by Gasteiger charge is 2.31. The number of anilines is 1. The molecule has 1 fully saturated rings. The van der Waals surface area contributed by atoms with Crippen molar-refractivity contribution in [3.05, 3.63) is 53.3 Å². The summed E-state index contributed by atoms with van der Waals surface area (Å²) < 4.78 is 44.1. The highest BCUT2D eigenvalue weighted by molar-refractivity contribution is 7.91. The number of hydrogen-bond acceptors (Lipinski definition) is 4. The Bertz CT molecular complexity index is 997. The predicted octanol–water partition coefficient (Wildman–Crippen LogP) is 4.21. The number of aryl methyl sites for hydroxylation is 1. The number of ether oxygens (including phenoxy) is 1. The van der Waals surface area contributed by atoms with Crippen molar-refractivity contribution in [2.24, 2.45) is 11.8 Å². The van der Waals surface area contributed by atoms with Crippen LogP contribution in [-0.4, -0.2) is 27.2 Å². The molecule has 1 amide bonds. The lowest BCUT2D eigenvalue weighted by atomic mass is 9.77. The maximum atomic E-state index is 13.4. The molecule has 0 spiro atoms. The summed E-state index contributed by atoms with van der Waals surface area (Å²) in [6.45, 7) is 3.70. The molecule has 0 unspecified atom stereocenters. The molecule has 150 valence electrons. The smallest absolute Gasteiger partial charge is 0.259 e. The Morgan fingerprint density at radius 2 is 1.93 bits per heavy atom. The Morgan fingerprint density at radius 1 is 1.21 bits per heavy atom. The van der Waals surface area contributed by atoms with Crippen LogP contribution < -0.4 is 10.1 Å². The maximum absolute atomic E-state index is 13.4. The van der Waals surface area contributed by atoms with Crippen molar-refractivity contribution in [2.45, 2.75) is 31.6 Å². The first-order valence-corrected chi connectivity index (χ1v) is 10.8. The summed E-state index contributed by atoms with van der Waals surface area (Å²) in [5, 5.41) is 2.67. The molecule has 0 aliphatic heterocycles. The third-order valence-corrected chi connectivity index (χ3v) is 7.00. The van der Waals surface area contributed by atoms with E-state index >= 15 is 0 Å². The van der Waals surface area contributed by atoms with Gasteiger partial charge < -0.3 is 10.1 Å². The zero-order chi connectivity index (χ0) is 20.5. The first kappa shape index (κ1) is 20.3. The second kappa shape index (κ2) is 7.91. The van der Waals surface area contributed by atoms with Crippen molar-refractivity contribution in [1.29, 1.82) is 0 Å². The highest BCUT2D eigenvalue weighted by atomic mass is 32.2. The molecule has 3 rings (SSSR count). The Hall–Kier alpha value is -2.41. The Morgan fingerprint density at radius 3 is 2.54 bits per heavy atom. The van der Waals surface area contributed by atoms with Crippen LogP contribution in [0.1, 0.15) is 35.7 Å². The average molecular weight is 405 g/mol. The molecule has 0 aromatic heterocycles. The van der Waals surface area contributed by atoms with E-state index in [1.54, 1.807) is 6.92 Å². The summed E-state index contributed by atoms with van der Waals surface area (Å²) in [5.41, 5.74) is 0.936. The molecular weight excluding hydrogens is 381 g/mol.